The Labute approximate surface area is 172 Å². The third-order valence-electron chi connectivity index (χ3n) is 4.70. The first-order valence-corrected chi connectivity index (χ1v) is 9.41. The largest absolute Gasteiger partial charge is 0.495 e. The Morgan fingerprint density at radius 1 is 1.20 bits per heavy atom. The molecule has 0 saturated heterocycles. The molecule has 4 rings (SSSR count). The number of hydrogen-bond donors (Lipinski definition) is 1. The first-order chi connectivity index (χ1) is 14.6. The summed E-state index contributed by atoms with van der Waals surface area (Å²) in [6.45, 7) is 2.08. The van der Waals surface area contributed by atoms with Gasteiger partial charge in [0, 0.05) is 18.5 Å². The summed E-state index contributed by atoms with van der Waals surface area (Å²) in [5.74, 6) is 0.331. The van der Waals surface area contributed by atoms with Gasteiger partial charge in [-0.2, -0.15) is 0 Å². The molecule has 2 aromatic carbocycles. The number of rotatable bonds is 6. The van der Waals surface area contributed by atoms with Crippen molar-refractivity contribution in [1.29, 1.82) is 0 Å². The maximum atomic E-state index is 12.7. The van der Waals surface area contributed by atoms with Gasteiger partial charge in [0.25, 0.3) is 11.1 Å². The lowest BCUT2D eigenvalue weighted by Crippen LogP contribution is -2.23. The van der Waals surface area contributed by atoms with E-state index in [0.717, 1.165) is 11.1 Å². The molecule has 0 fully saturated rings. The fourth-order valence-corrected chi connectivity index (χ4v) is 3.15. The van der Waals surface area contributed by atoms with Crippen molar-refractivity contribution < 1.29 is 14.1 Å². The minimum atomic E-state index is -0.379. The van der Waals surface area contributed by atoms with E-state index in [9.17, 15) is 9.59 Å². The molecule has 1 amide bonds. The summed E-state index contributed by atoms with van der Waals surface area (Å²) in [6.07, 6.45) is 1.50. The van der Waals surface area contributed by atoms with Crippen LogP contribution in [-0.4, -0.2) is 27.7 Å². The number of nitrogens with zero attached hydrogens (tertiary/aromatic N) is 3. The summed E-state index contributed by atoms with van der Waals surface area (Å²) in [7, 11) is 1.54. The van der Waals surface area contributed by atoms with Gasteiger partial charge in [-0.3, -0.25) is 14.2 Å². The summed E-state index contributed by atoms with van der Waals surface area (Å²) in [6, 6.07) is 14.9. The summed E-state index contributed by atoms with van der Waals surface area (Å²) >= 11 is 0. The van der Waals surface area contributed by atoms with Crippen molar-refractivity contribution in [3.8, 4) is 17.0 Å². The molecule has 0 aliphatic heterocycles. The first kappa shape index (κ1) is 19.4. The van der Waals surface area contributed by atoms with Crippen LogP contribution in [-0.2, 0) is 11.3 Å². The first-order valence-electron chi connectivity index (χ1n) is 9.41. The Bertz CT molecular complexity index is 1260. The van der Waals surface area contributed by atoms with E-state index in [2.05, 4.69) is 15.5 Å². The quantitative estimate of drug-likeness (QED) is 0.529. The Morgan fingerprint density at radius 3 is 2.77 bits per heavy atom. The SMILES string of the molecule is COc1ccc(C)cc1NC(=O)CCn1cnc2c(-c3ccccc3)noc2c1=O. The predicted molar refractivity (Wildman–Crippen MR) is 112 cm³/mol. The standard InChI is InChI=1S/C22H20N4O4/c1-14-8-9-17(29-2)16(12-14)24-18(27)10-11-26-13-23-20-19(15-6-4-3-5-7-15)25-30-21(20)22(26)28/h3-9,12-13H,10-11H2,1-2H3,(H,24,27). The van der Waals surface area contributed by atoms with Gasteiger partial charge in [-0.25, -0.2) is 4.98 Å². The van der Waals surface area contributed by atoms with Gasteiger partial charge in [-0.1, -0.05) is 41.6 Å². The van der Waals surface area contributed by atoms with Crippen LogP contribution in [0.15, 0.2) is 64.2 Å². The number of methoxy groups -OCH3 is 1. The molecular weight excluding hydrogens is 384 g/mol. The monoisotopic (exact) mass is 404 g/mol. The summed E-state index contributed by atoms with van der Waals surface area (Å²) in [5, 5.41) is 6.82. The normalized spacial score (nSPS) is 10.9. The molecule has 0 radical (unpaired) electrons. The van der Waals surface area contributed by atoms with Crippen molar-refractivity contribution in [2.45, 2.75) is 19.9 Å². The molecule has 0 saturated carbocycles. The molecule has 30 heavy (non-hydrogen) atoms. The number of anilines is 1. The van der Waals surface area contributed by atoms with Crippen LogP contribution >= 0.6 is 0 Å². The number of aromatic nitrogens is 3. The van der Waals surface area contributed by atoms with Crippen LogP contribution in [0.1, 0.15) is 12.0 Å². The van der Waals surface area contributed by atoms with E-state index in [1.54, 1.807) is 13.2 Å². The number of carbonyl (C=O) groups excluding carboxylic acids is 1. The summed E-state index contributed by atoms with van der Waals surface area (Å²) < 4.78 is 11.9. The van der Waals surface area contributed by atoms with E-state index in [-0.39, 0.29) is 30.0 Å². The molecule has 0 aliphatic carbocycles. The fraction of sp³-hybridized carbons (Fsp3) is 0.182. The highest BCUT2D eigenvalue weighted by molar-refractivity contribution is 5.92. The number of nitrogens with one attached hydrogen (secondary N) is 1. The lowest BCUT2D eigenvalue weighted by Gasteiger charge is -2.11. The van der Waals surface area contributed by atoms with E-state index in [1.807, 2.05) is 49.4 Å². The molecule has 0 unspecified atom stereocenters. The van der Waals surface area contributed by atoms with Crippen LogP contribution < -0.4 is 15.6 Å². The molecule has 1 N–H and O–H groups in total. The minimum absolute atomic E-state index is 0.0668. The van der Waals surface area contributed by atoms with Crippen molar-refractivity contribution in [3.05, 3.63) is 70.8 Å². The van der Waals surface area contributed by atoms with Gasteiger partial charge in [0.2, 0.25) is 5.91 Å². The number of hydrogen-bond acceptors (Lipinski definition) is 6. The zero-order valence-corrected chi connectivity index (χ0v) is 16.6. The van der Waals surface area contributed by atoms with Gasteiger partial charge in [0.05, 0.1) is 19.1 Å². The summed E-state index contributed by atoms with van der Waals surface area (Å²) in [5.41, 5.74) is 3.00. The molecule has 0 bridgehead atoms. The lowest BCUT2D eigenvalue weighted by atomic mass is 10.1. The van der Waals surface area contributed by atoms with Crippen LogP contribution in [0.3, 0.4) is 0 Å². The zero-order valence-electron chi connectivity index (χ0n) is 16.6. The van der Waals surface area contributed by atoms with Crippen LogP contribution in [0.25, 0.3) is 22.4 Å². The number of ether oxygens (including phenoxy) is 1. The van der Waals surface area contributed by atoms with Crippen molar-refractivity contribution in [3.63, 3.8) is 0 Å². The van der Waals surface area contributed by atoms with Crippen molar-refractivity contribution in [2.75, 3.05) is 12.4 Å². The smallest absolute Gasteiger partial charge is 0.299 e. The third-order valence-corrected chi connectivity index (χ3v) is 4.70. The van der Waals surface area contributed by atoms with Gasteiger partial charge in [-0.05, 0) is 24.6 Å². The molecule has 152 valence electrons. The average molecular weight is 404 g/mol. The second-order valence-electron chi connectivity index (χ2n) is 6.82. The molecule has 8 nitrogen and oxygen atoms in total. The highest BCUT2D eigenvalue weighted by Crippen LogP contribution is 2.26. The average Bonchev–Trinajstić information content (AvgIpc) is 3.19. The second kappa shape index (κ2) is 8.20. The van der Waals surface area contributed by atoms with E-state index < -0.39 is 0 Å². The number of fused-ring (bicyclic) bond motifs is 1. The highest BCUT2D eigenvalue weighted by Gasteiger charge is 2.17. The van der Waals surface area contributed by atoms with Crippen molar-refractivity contribution >= 4 is 22.7 Å². The Balaban J connectivity index is 1.51. The van der Waals surface area contributed by atoms with Gasteiger partial charge in [0.1, 0.15) is 17.0 Å². The maximum absolute atomic E-state index is 12.7. The number of amides is 1. The highest BCUT2D eigenvalue weighted by atomic mass is 16.5. The molecule has 0 atom stereocenters. The van der Waals surface area contributed by atoms with Gasteiger partial charge in [0.15, 0.2) is 0 Å². The Morgan fingerprint density at radius 2 is 2.00 bits per heavy atom. The van der Waals surface area contributed by atoms with Crippen LogP contribution in [0.4, 0.5) is 5.69 Å². The van der Waals surface area contributed by atoms with Crippen LogP contribution in [0.5, 0.6) is 5.75 Å². The van der Waals surface area contributed by atoms with E-state index in [4.69, 9.17) is 9.26 Å². The molecule has 2 aromatic heterocycles. The maximum Gasteiger partial charge on any atom is 0.299 e. The van der Waals surface area contributed by atoms with Crippen molar-refractivity contribution in [2.24, 2.45) is 0 Å². The summed E-state index contributed by atoms with van der Waals surface area (Å²) in [4.78, 5) is 29.5. The Hall–Kier alpha value is -3.94. The third kappa shape index (κ3) is 3.80. The molecule has 0 spiro atoms. The fourth-order valence-electron chi connectivity index (χ4n) is 3.15. The van der Waals surface area contributed by atoms with Gasteiger partial charge < -0.3 is 14.6 Å². The lowest BCUT2D eigenvalue weighted by molar-refractivity contribution is -0.116. The van der Waals surface area contributed by atoms with Crippen LogP contribution in [0, 0.1) is 6.92 Å². The van der Waals surface area contributed by atoms with Gasteiger partial charge >= 0.3 is 0 Å². The molecular formula is C22H20N4O4. The van der Waals surface area contributed by atoms with Gasteiger partial charge in [-0.15, -0.1) is 0 Å². The molecule has 0 aliphatic rings. The molecule has 2 heterocycles. The van der Waals surface area contributed by atoms with Crippen molar-refractivity contribution in [1.82, 2.24) is 14.7 Å². The van der Waals surface area contributed by atoms with E-state index in [0.29, 0.717) is 22.6 Å². The Kier molecular flexibility index (Phi) is 5.30. The topological polar surface area (TPSA) is 99.2 Å². The zero-order chi connectivity index (χ0) is 21.1. The van der Waals surface area contributed by atoms with E-state index in [1.165, 1.54) is 10.9 Å². The number of carbonyl (C=O) groups is 1. The molecule has 4 aromatic rings. The van der Waals surface area contributed by atoms with E-state index >= 15 is 0 Å². The minimum Gasteiger partial charge on any atom is -0.495 e. The molecule has 8 heteroatoms. The van der Waals surface area contributed by atoms with Crippen LogP contribution in [0.2, 0.25) is 0 Å². The number of benzene rings is 2. The second-order valence-corrected chi connectivity index (χ2v) is 6.82. The predicted octanol–water partition coefficient (Wildman–Crippen LogP) is 3.40. The number of aryl methyl sites for hydroxylation is 2.